The van der Waals surface area contributed by atoms with E-state index in [1.165, 1.54) is 12.8 Å². The Hall–Kier alpha value is -3.25. The highest BCUT2D eigenvalue weighted by Gasteiger charge is 2.48. The van der Waals surface area contributed by atoms with Crippen molar-refractivity contribution in [2.24, 2.45) is 5.92 Å². The largest absolute Gasteiger partial charge is 0.471 e. The standard InChI is InChI=1S/C34H42F3N3O5/c1-3-17-39(27-10-4-5-11-27)20-29-22(2)30(24-15-13-23(21-41)14-16-24)45-32(44-29)25-8-6-9-26(19-25)38-31(42)28-12-7-18-40(28)33(43)34(35,36)37/h3,6,8-9,13-16,19,22,27-30,32,41H,1,4-5,7,10-12,17-18,20-21H2,2H3,(H,38,42)/t22-,28-,29+,30+,32+/m0/s1. The van der Waals surface area contributed by atoms with Crippen molar-refractivity contribution in [3.8, 4) is 0 Å². The van der Waals surface area contributed by atoms with Gasteiger partial charge >= 0.3 is 12.1 Å². The second-order valence-electron chi connectivity index (χ2n) is 12.3. The molecule has 1 saturated carbocycles. The summed E-state index contributed by atoms with van der Waals surface area (Å²) in [5.74, 6) is -2.69. The van der Waals surface area contributed by atoms with Crippen LogP contribution in [0.4, 0.5) is 18.9 Å². The van der Waals surface area contributed by atoms with Gasteiger partial charge in [0.05, 0.1) is 18.8 Å². The van der Waals surface area contributed by atoms with E-state index in [2.05, 4.69) is 23.7 Å². The number of anilines is 1. The van der Waals surface area contributed by atoms with E-state index >= 15 is 0 Å². The van der Waals surface area contributed by atoms with E-state index in [0.29, 0.717) is 35.2 Å². The number of likely N-dealkylation sites (tertiary alicyclic amines) is 1. The molecule has 3 aliphatic rings. The first-order chi connectivity index (χ1) is 21.6. The number of rotatable bonds is 10. The zero-order valence-electron chi connectivity index (χ0n) is 25.5. The van der Waals surface area contributed by atoms with Crippen LogP contribution in [0.2, 0.25) is 0 Å². The summed E-state index contributed by atoms with van der Waals surface area (Å²) in [5.41, 5.74) is 2.77. The molecule has 2 aromatic rings. The normalized spacial score (nSPS) is 25.9. The molecule has 45 heavy (non-hydrogen) atoms. The summed E-state index contributed by atoms with van der Waals surface area (Å²) >= 11 is 0. The third-order valence-electron chi connectivity index (χ3n) is 9.23. The fourth-order valence-corrected chi connectivity index (χ4v) is 6.80. The summed E-state index contributed by atoms with van der Waals surface area (Å²) in [6, 6.07) is 13.8. The van der Waals surface area contributed by atoms with Gasteiger partial charge in [-0.3, -0.25) is 14.5 Å². The Bertz CT molecular complexity index is 1330. The Balaban J connectivity index is 1.37. The number of carbonyl (C=O) groups excluding carboxylic acids is 2. The average Bonchev–Trinajstić information content (AvgIpc) is 3.74. The van der Waals surface area contributed by atoms with Crippen LogP contribution in [0.3, 0.4) is 0 Å². The number of aliphatic hydroxyl groups is 1. The van der Waals surface area contributed by atoms with Gasteiger partial charge in [-0.25, -0.2) is 0 Å². The first-order valence-electron chi connectivity index (χ1n) is 15.7. The Morgan fingerprint density at radius 1 is 1.07 bits per heavy atom. The molecule has 11 heteroatoms. The number of halogens is 3. The average molecular weight is 630 g/mol. The first kappa shape index (κ1) is 33.1. The van der Waals surface area contributed by atoms with E-state index in [9.17, 15) is 27.9 Å². The van der Waals surface area contributed by atoms with Gasteiger partial charge in [0.1, 0.15) is 6.04 Å². The number of nitrogens with one attached hydrogen (secondary N) is 1. The maximum atomic E-state index is 13.1. The number of alkyl halides is 3. The number of hydrogen-bond acceptors (Lipinski definition) is 6. The second-order valence-corrected chi connectivity index (χ2v) is 12.3. The molecular weight excluding hydrogens is 587 g/mol. The highest BCUT2D eigenvalue weighted by Crippen LogP contribution is 2.42. The lowest BCUT2D eigenvalue weighted by Gasteiger charge is -2.43. The van der Waals surface area contributed by atoms with Crippen LogP contribution in [0, 0.1) is 5.92 Å². The molecule has 244 valence electrons. The maximum absolute atomic E-state index is 13.1. The molecule has 2 aliphatic heterocycles. The smallest absolute Gasteiger partial charge is 0.392 e. The van der Waals surface area contributed by atoms with Crippen molar-refractivity contribution in [2.45, 2.75) is 88.8 Å². The highest BCUT2D eigenvalue weighted by molar-refractivity contribution is 5.98. The van der Waals surface area contributed by atoms with Crippen molar-refractivity contribution >= 4 is 17.5 Å². The summed E-state index contributed by atoms with van der Waals surface area (Å²) in [6.07, 6.45) is 0.707. The van der Waals surface area contributed by atoms with Gasteiger partial charge in [0, 0.05) is 42.8 Å². The fraction of sp³-hybridized carbons (Fsp3) is 0.529. The number of aliphatic hydroxyl groups excluding tert-OH is 1. The monoisotopic (exact) mass is 629 g/mol. The molecule has 0 unspecified atom stereocenters. The van der Waals surface area contributed by atoms with Gasteiger partial charge < -0.3 is 24.8 Å². The van der Waals surface area contributed by atoms with Crippen LogP contribution in [0.5, 0.6) is 0 Å². The Labute approximate surface area is 262 Å². The van der Waals surface area contributed by atoms with Gasteiger partial charge in [0.15, 0.2) is 6.29 Å². The molecule has 0 radical (unpaired) electrons. The number of amides is 2. The Morgan fingerprint density at radius 2 is 1.80 bits per heavy atom. The summed E-state index contributed by atoms with van der Waals surface area (Å²) < 4.78 is 52.6. The van der Waals surface area contributed by atoms with Crippen molar-refractivity contribution in [2.75, 3.05) is 25.0 Å². The summed E-state index contributed by atoms with van der Waals surface area (Å²) in [5, 5.41) is 12.3. The third-order valence-corrected chi connectivity index (χ3v) is 9.23. The topological polar surface area (TPSA) is 91.3 Å². The summed E-state index contributed by atoms with van der Waals surface area (Å²) in [7, 11) is 0. The van der Waals surface area contributed by atoms with Crippen molar-refractivity contribution in [1.29, 1.82) is 0 Å². The molecule has 0 aromatic heterocycles. The molecule has 0 spiro atoms. The molecule has 2 saturated heterocycles. The van der Waals surface area contributed by atoms with Crippen LogP contribution < -0.4 is 5.32 Å². The Kier molecular flexibility index (Phi) is 10.6. The van der Waals surface area contributed by atoms with E-state index in [-0.39, 0.29) is 37.7 Å². The fourth-order valence-electron chi connectivity index (χ4n) is 6.80. The molecular formula is C34H42F3N3O5. The van der Waals surface area contributed by atoms with E-state index in [0.717, 1.165) is 30.5 Å². The van der Waals surface area contributed by atoms with E-state index in [4.69, 9.17) is 9.47 Å². The van der Waals surface area contributed by atoms with Crippen LogP contribution in [0.15, 0.2) is 61.2 Å². The van der Waals surface area contributed by atoms with E-state index in [1.54, 1.807) is 18.2 Å². The minimum Gasteiger partial charge on any atom is -0.392 e. The molecule has 2 heterocycles. The van der Waals surface area contributed by atoms with Gasteiger partial charge in [-0.2, -0.15) is 13.2 Å². The number of ether oxygens (including phenoxy) is 2. The number of hydrogen-bond donors (Lipinski definition) is 2. The van der Waals surface area contributed by atoms with Crippen LogP contribution in [0.1, 0.15) is 74.5 Å². The quantitative estimate of drug-likeness (QED) is 0.319. The lowest BCUT2D eigenvalue weighted by atomic mass is 9.89. The van der Waals surface area contributed by atoms with Gasteiger partial charge in [-0.05, 0) is 48.9 Å². The van der Waals surface area contributed by atoms with Crippen LogP contribution in [-0.2, 0) is 25.7 Å². The maximum Gasteiger partial charge on any atom is 0.471 e. The molecule has 1 aliphatic carbocycles. The van der Waals surface area contributed by atoms with Crippen molar-refractivity contribution < 1.29 is 37.3 Å². The van der Waals surface area contributed by atoms with E-state index < -0.39 is 30.3 Å². The molecule has 5 rings (SSSR count). The molecule has 2 aromatic carbocycles. The second kappa shape index (κ2) is 14.5. The minimum atomic E-state index is -5.04. The van der Waals surface area contributed by atoms with Gasteiger partial charge in [0.25, 0.3) is 0 Å². The summed E-state index contributed by atoms with van der Waals surface area (Å²) in [6.45, 7) is 7.33. The van der Waals surface area contributed by atoms with Crippen LogP contribution in [-0.4, -0.2) is 70.7 Å². The molecule has 2 N–H and O–H groups in total. The van der Waals surface area contributed by atoms with Crippen LogP contribution >= 0.6 is 0 Å². The van der Waals surface area contributed by atoms with Crippen molar-refractivity contribution in [3.63, 3.8) is 0 Å². The zero-order chi connectivity index (χ0) is 32.1. The highest BCUT2D eigenvalue weighted by atomic mass is 19.4. The summed E-state index contributed by atoms with van der Waals surface area (Å²) in [4.78, 5) is 28.0. The first-order valence-corrected chi connectivity index (χ1v) is 15.7. The predicted molar refractivity (Wildman–Crippen MR) is 163 cm³/mol. The zero-order valence-corrected chi connectivity index (χ0v) is 25.5. The van der Waals surface area contributed by atoms with Gasteiger partial charge in [0.2, 0.25) is 5.91 Å². The molecule has 2 amide bonds. The number of carbonyl (C=O) groups is 2. The lowest BCUT2D eigenvalue weighted by molar-refractivity contribution is -0.276. The lowest BCUT2D eigenvalue weighted by Crippen LogP contribution is -2.48. The number of nitrogens with zero attached hydrogens (tertiary/aromatic N) is 2. The SMILES string of the molecule is C=CCN(C[C@H]1O[C@@H](c2cccc(NC(=O)[C@@H]3CCCN3C(=O)C(F)(F)F)c2)O[C@@H](c2ccc(CO)cc2)[C@H]1C)C1CCCC1. The predicted octanol–water partition coefficient (Wildman–Crippen LogP) is 5.89. The molecule has 8 nitrogen and oxygen atoms in total. The van der Waals surface area contributed by atoms with Gasteiger partial charge in [-0.15, -0.1) is 6.58 Å². The van der Waals surface area contributed by atoms with Crippen molar-refractivity contribution in [1.82, 2.24) is 9.80 Å². The van der Waals surface area contributed by atoms with Crippen molar-refractivity contribution in [3.05, 3.63) is 77.9 Å². The minimum absolute atomic E-state index is 0.0163. The number of benzene rings is 2. The van der Waals surface area contributed by atoms with Gasteiger partial charge in [-0.1, -0.05) is 62.2 Å². The molecule has 3 fully saturated rings. The van der Waals surface area contributed by atoms with Crippen LogP contribution in [0.25, 0.3) is 0 Å². The third kappa shape index (κ3) is 7.77. The molecule has 0 bridgehead atoms. The van der Waals surface area contributed by atoms with E-state index in [1.807, 2.05) is 36.4 Å². The molecule has 5 atom stereocenters. The Morgan fingerprint density at radius 3 is 2.47 bits per heavy atom.